The largest absolute Gasteiger partial charge is 0.459 e. The van der Waals surface area contributed by atoms with Crippen molar-refractivity contribution in [2.45, 2.75) is 148 Å². The van der Waals surface area contributed by atoms with Gasteiger partial charge in [-0.05, 0) is 51.4 Å². The molecule has 0 N–H and O–H groups in total. The Kier molecular flexibility index (Phi) is 25.9. The van der Waals surface area contributed by atoms with Crippen molar-refractivity contribution in [3.63, 3.8) is 0 Å². The number of carbonyl (C=O) groups excluding carboxylic acids is 2. The second kappa shape index (κ2) is 26.9. The third-order valence-corrected chi connectivity index (χ3v) is 8.13. The van der Waals surface area contributed by atoms with Crippen LogP contribution in [-0.2, 0) is 23.8 Å². The summed E-state index contributed by atoms with van der Waals surface area (Å²) in [6, 6.07) is 0. The van der Waals surface area contributed by atoms with Crippen LogP contribution in [0.2, 0.25) is 0 Å². The smallest absolute Gasteiger partial charge is 0.306 e. The summed E-state index contributed by atoms with van der Waals surface area (Å²) >= 11 is 0. The normalized spacial score (nSPS) is 12.4. The predicted octanol–water partition coefficient (Wildman–Crippen LogP) is 9.12. The molecule has 0 saturated carbocycles. The van der Waals surface area contributed by atoms with Crippen LogP contribution in [0.25, 0.3) is 0 Å². The lowest BCUT2D eigenvalue weighted by atomic mass is 9.99. The third kappa shape index (κ3) is 22.0. The quantitative estimate of drug-likeness (QED) is 0.0374. The van der Waals surface area contributed by atoms with Crippen LogP contribution in [0.3, 0.4) is 0 Å². The molecule has 0 aliphatic rings. The van der Waals surface area contributed by atoms with E-state index in [0.29, 0.717) is 23.9 Å². The fourth-order valence-corrected chi connectivity index (χ4v) is 4.79. The summed E-state index contributed by atoms with van der Waals surface area (Å²) < 4.78 is 17.5. The number of carbonyl (C=O) groups is 2. The molecule has 0 rings (SSSR count). The number of ether oxygens (including phenoxy) is 3. The number of allylic oxidation sites excluding steroid dienone is 4. The molecule has 0 unspecified atom stereocenters. The topological polar surface area (TPSA) is 61.8 Å². The molecule has 6 heteroatoms. The predicted molar refractivity (Wildman–Crippen MR) is 177 cm³/mol. The number of unbranched alkanes of at least 4 members (excludes halogenated alkanes) is 14. The van der Waals surface area contributed by atoms with Crippen LogP contribution in [0.1, 0.15) is 142 Å². The Bertz CT molecular complexity index is 662. The number of likely N-dealkylation sites (N-methyl/N-ethyl adjacent to an activating group) is 1. The Morgan fingerprint density at radius 1 is 0.548 bits per heavy atom. The molecule has 0 radical (unpaired) electrons. The Balaban J connectivity index is 4.33. The Labute approximate surface area is 260 Å². The molecule has 0 bridgehead atoms. The average Bonchev–Trinajstić information content (AvgIpc) is 2.95. The van der Waals surface area contributed by atoms with Gasteiger partial charge in [-0.25, -0.2) is 0 Å². The molecule has 246 valence electrons. The van der Waals surface area contributed by atoms with Crippen LogP contribution >= 0.6 is 0 Å². The van der Waals surface area contributed by atoms with Gasteiger partial charge in [-0.3, -0.25) is 9.59 Å². The van der Waals surface area contributed by atoms with Gasteiger partial charge in [-0.2, -0.15) is 0 Å². The van der Waals surface area contributed by atoms with Crippen molar-refractivity contribution in [1.29, 1.82) is 0 Å². The van der Waals surface area contributed by atoms with Crippen molar-refractivity contribution >= 4 is 11.9 Å². The summed E-state index contributed by atoms with van der Waals surface area (Å²) in [6.07, 6.45) is 30.7. The fourth-order valence-electron chi connectivity index (χ4n) is 4.79. The maximum Gasteiger partial charge on any atom is 0.306 e. The zero-order valence-corrected chi connectivity index (χ0v) is 28.6. The SMILES string of the molecule is CCCC/C=C\CCCCCCCC(=O)OCC(COC)(COC(=O)CCCCCCC/C=C\CCCC)[N+](C)(C)C. The van der Waals surface area contributed by atoms with Gasteiger partial charge in [0.1, 0.15) is 6.61 Å². The highest BCUT2D eigenvalue weighted by atomic mass is 16.6. The molecular formula is C36H68NO5+. The van der Waals surface area contributed by atoms with Gasteiger partial charge in [0, 0.05) is 20.0 Å². The van der Waals surface area contributed by atoms with Crippen LogP contribution in [0.15, 0.2) is 24.3 Å². The molecule has 6 nitrogen and oxygen atoms in total. The zero-order valence-electron chi connectivity index (χ0n) is 28.6. The highest BCUT2D eigenvalue weighted by Crippen LogP contribution is 2.22. The van der Waals surface area contributed by atoms with Crippen molar-refractivity contribution in [2.75, 3.05) is 48.1 Å². The number of methoxy groups -OCH3 is 1. The first-order chi connectivity index (χ1) is 20.2. The minimum Gasteiger partial charge on any atom is -0.459 e. The summed E-state index contributed by atoms with van der Waals surface area (Å²) in [4.78, 5) is 25.1. The van der Waals surface area contributed by atoms with E-state index in [1.54, 1.807) is 7.11 Å². The third-order valence-electron chi connectivity index (χ3n) is 8.13. The van der Waals surface area contributed by atoms with Gasteiger partial charge in [-0.15, -0.1) is 0 Å². The van der Waals surface area contributed by atoms with Crippen LogP contribution in [0.4, 0.5) is 0 Å². The van der Waals surface area contributed by atoms with Gasteiger partial charge < -0.3 is 18.7 Å². The van der Waals surface area contributed by atoms with Gasteiger partial charge in [0.05, 0.1) is 21.1 Å². The minimum absolute atomic E-state index is 0.160. The minimum atomic E-state index is -0.657. The number of hydrogen-bond acceptors (Lipinski definition) is 5. The Morgan fingerprint density at radius 2 is 0.905 bits per heavy atom. The first kappa shape index (κ1) is 40.3. The molecular weight excluding hydrogens is 526 g/mol. The highest BCUT2D eigenvalue weighted by molar-refractivity contribution is 5.70. The van der Waals surface area contributed by atoms with E-state index < -0.39 is 5.54 Å². The lowest BCUT2D eigenvalue weighted by Crippen LogP contribution is -2.65. The maximum absolute atomic E-state index is 12.6. The molecule has 0 atom stereocenters. The average molecular weight is 595 g/mol. The summed E-state index contributed by atoms with van der Waals surface area (Å²) in [6.45, 7) is 5.10. The number of nitrogens with zero attached hydrogens (tertiary/aromatic N) is 1. The molecule has 0 heterocycles. The molecule has 0 spiro atoms. The number of quaternary nitrogens is 1. The van der Waals surface area contributed by atoms with Crippen molar-refractivity contribution in [3.8, 4) is 0 Å². The van der Waals surface area contributed by atoms with E-state index in [1.807, 2.05) is 21.1 Å². The summed E-state index contributed by atoms with van der Waals surface area (Å²) in [5.41, 5.74) is -0.657. The van der Waals surface area contributed by atoms with E-state index in [9.17, 15) is 9.59 Å². The van der Waals surface area contributed by atoms with Crippen molar-refractivity contribution in [3.05, 3.63) is 24.3 Å². The molecule has 0 amide bonds. The maximum atomic E-state index is 12.6. The number of hydrogen-bond donors (Lipinski definition) is 0. The molecule has 0 aliphatic carbocycles. The highest BCUT2D eigenvalue weighted by Gasteiger charge is 2.46. The lowest BCUT2D eigenvalue weighted by Gasteiger charge is -2.44. The molecule has 0 aromatic rings. The van der Waals surface area contributed by atoms with Gasteiger partial charge in [0.2, 0.25) is 0 Å². The molecule has 0 saturated heterocycles. The lowest BCUT2D eigenvalue weighted by molar-refractivity contribution is -0.925. The summed E-state index contributed by atoms with van der Waals surface area (Å²) in [5, 5.41) is 0. The van der Waals surface area contributed by atoms with Crippen molar-refractivity contribution in [1.82, 2.24) is 0 Å². The Hall–Kier alpha value is -1.66. The van der Waals surface area contributed by atoms with Gasteiger partial charge in [-0.1, -0.05) is 102 Å². The van der Waals surface area contributed by atoms with Crippen LogP contribution in [0.5, 0.6) is 0 Å². The van der Waals surface area contributed by atoms with Crippen LogP contribution in [-0.4, -0.2) is 70.0 Å². The van der Waals surface area contributed by atoms with Crippen molar-refractivity contribution in [2.24, 2.45) is 0 Å². The second-order valence-electron chi connectivity index (χ2n) is 12.8. The van der Waals surface area contributed by atoms with Crippen LogP contribution in [0, 0.1) is 0 Å². The summed E-state index contributed by atoms with van der Waals surface area (Å²) in [7, 11) is 7.71. The van der Waals surface area contributed by atoms with Gasteiger partial charge >= 0.3 is 11.9 Å². The van der Waals surface area contributed by atoms with E-state index in [2.05, 4.69) is 38.2 Å². The van der Waals surface area contributed by atoms with E-state index in [-0.39, 0.29) is 25.2 Å². The van der Waals surface area contributed by atoms with E-state index in [1.165, 1.54) is 64.2 Å². The Morgan fingerprint density at radius 3 is 1.26 bits per heavy atom. The second-order valence-corrected chi connectivity index (χ2v) is 12.8. The fraction of sp³-hybridized carbons (Fsp3) is 0.833. The summed E-state index contributed by atoms with van der Waals surface area (Å²) in [5.74, 6) is -0.379. The first-order valence-electron chi connectivity index (χ1n) is 17.1. The first-order valence-corrected chi connectivity index (χ1v) is 17.1. The standard InChI is InChI=1S/C36H68NO5/c1-7-9-11-13-15-17-19-21-23-25-27-29-34(38)41-32-36(31-40-6,37(3,4)5)33-42-35(39)30-28-26-24-22-20-18-16-14-12-10-8-2/h13-16H,7-12,17-33H2,1-6H3/q+1/b15-13-,16-14-. The molecule has 0 aromatic heterocycles. The molecule has 0 fully saturated rings. The van der Waals surface area contributed by atoms with E-state index >= 15 is 0 Å². The number of esters is 2. The van der Waals surface area contributed by atoms with Crippen molar-refractivity contribution < 1.29 is 28.3 Å². The molecule has 0 aromatic carbocycles. The van der Waals surface area contributed by atoms with E-state index in [0.717, 1.165) is 51.4 Å². The van der Waals surface area contributed by atoms with Crippen LogP contribution < -0.4 is 0 Å². The number of rotatable bonds is 29. The van der Waals surface area contributed by atoms with E-state index in [4.69, 9.17) is 14.2 Å². The monoisotopic (exact) mass is 595 g/mol. The van der Waals surface area contributed by atoms with Gasteiger partial charge in [0.25, 0.3) is 0 Å². The zero-order chi connectivity index (χ0) is 31.4. The molecule has 42 heavy (non-hydrogen) atoms. The van der Waals surface area contributed by atoms with Gasteiger partial charge in [0.15, 0.2) is 18.8 Å². The molecule has 0 aliphatic heterocycles.